The highest BCUT2D eigenvalue weighted by molar-refractivity contribution is 5.66. The number of carbonyl (C=O) groups is 1. The number of hydrogen-bond donors (Lipinski definition) is 0. The second-order valence-electron chi connectivity index (χ2n) is 5.87. The van der Waals surface area contributed by atoms with Gasteiger partial charge in [0.05, 0.1) is 12.2 Å². The average Bonchev–Trinajstić information content (AvgIpc) is 2.83. The zero-order valence-electron chi connectivity index (χ0n) is 9.58. The Morgan fingerprint density at radius 3 is 2.60 bits per heavy atom. The molecule has 0 aromatic carbocycles. The summed E-state index contributed by atoms with van der Waals surface area (Å²) in [5.41, 5.74) is 0.354. The van der Waals surface area contributed by atoms with Gasteiger partial charge < -0.3 is 9.47 Å². The van der Waals surface area contributed by atoms with E-state index in [1.165, 1.54) is 6.92 Å². The molecule has 4 aliphatic rings. The molecule has 15 heavy (non-hydrogen) atoms. The molecule has 4 fully saturated rings. The van der Waals surface area contributed by atoms with Crippen LogP contribution in [0.5, 0.6) is 0 Å². The van der Waals surface area contributed by atoms with E-state index in [0.717, 1.165) is 19.4 Å². The van der Waals surface area contributed by atoms with Gasteiger partial charge in [-0.3, -0.25) is 4.79 Å². The van der Waals surface area contributed by atoms with E-state index in [0.29, 0.717) is 11.8 Å². The minimum Gasteiger partial charge on any atom is -0.462 e. The zero-order chi connectivity index (χ0) is 10.8. The lowest BCUT2D eigenvalue weighted by molar-refractivity contribution is -0.232. The first-order chi connectivity index (χ1) is 6.97. The predicted molar refractivity (Wildman–Crippen MR) is 54.2 cm³/mol. The maximum absolute atomic E-state index is 11.1. The monoisotopic (exact) mass is 210 g/mol. The third-order valence-electron chi connectivity index (χ3n) is 4.74. The van der Waals surface area contributed by atoms with Gasteiger partial charge >= 0.3 is 5.97 Å². The summed E-state index contributed by atoms with van der Waals surface area (Å²) in [7, 11) is 0. The molecule has 1 heterocycles. The van der Waals surface area contributed by atoms with Crippen LogP contribution in [0.2, 0.25) is 0 Å². The number of hydrogen-bond acceptors (Lipinski definition) is 3. The van der Waals surface area contributed by atoms with Crippen LogP contribution in [0.1, 0.15) is 33.6 Å². The first-order valence-electron chi connectivity index (χ1n) is 5.78. The van der Waals surface area contributed by atoms with Gasteiger partial charge in [-0.15, -0.1) is 0 Å². The Morgan fingerprint density at radius 2 is 2.13 bits per heavy atom. The van der Waals surface area contributed by atoms with Crippen molar-refractivity contribution in [2.45, 2.75) is 45.3 Å². The predicted octanol–water partition coefficient (Wildman–Crippen LogP) is 1.75. The lowest BCUT2D eigenvalue weighted by Gasteiger charge is -2.63. The molecule has 0 unspecified atom stereocenters. The standard InChI is InChI=1S/C12H18O3/c1-7(13)15-9-8-4-5-12(6-14-12)10(9)11(8,2)3/h8-10H,4-6H2,1-3H3/t8-,9-,10+,12+/m0/s1. The average molecular weight is 210 g/mol. The molecule has 1 aliphatic heterocycles. The number of esters is 1. The van der Waals surface area contributed by atoms with Crippen LogP contribution in [-0.4, -0.2) is 24.3 Å². The van der Waals surface area contributed by atoms with Crippen LogP contribution in [0.3, 0.4) is 0 Å². The van der Waals surface area contributed by atoms with E-state index in [2.05, 4.69) is 13.8 Å². The van der Waals surface area contributed by atoms with Crippen LogP contribution in [-0.2, 0) is 14.3 Å². The molecule has 0 aromatic heterocycles. The molecule has 4 rings (SSSR count). The van der Waals surface area contributed by atoms with Crippen LogP contribution >= 0.6 is 0 Å². The van der Waals surface area contributed by atoms with Crippen LogP contribution in [0.15, 0.2) is 0 Å². The van der Waals surface area contributed by atoms with Crippen molar-refractivity contribution in [1.82, 2.24) is 0 Å². The van der Waals surface area contributed by atoms with Gasteiger partial charge in [-0.25, -0.2) is 0 Å². The van der Waals surface area contributed by atoms with E-state index in [9.17, 15) is 4.79 Å². The minimum atomic E-state index is -0.150. The molecule has 3 nitrogen and oxygen atoms in total. The smallest absolute Gasteiger partial charge is 0.302 e. The largest absolute Gasteiger partial charge is 0.462 e. The zero-order valence-corrected chi connectivity index (χ0v) is 9.58. The molecule has 3 saturated carbocycles. The third-order valence-corrected chi connectivity index (χ3v) is 4.74. The molecule has 3 aliphatic carbocycles. The topological polar surface area (TPSA) is 38.8 Å². The SMILES string of the molecule is CC(=O)O[C@@H]1[C@@H]2C(C)(C)[C@H]1CC[C@@]21CO1. The second kappa shape index (κ2) is 2.57. The number of fused-ring (bicyclic) bond motifs is 1. The fraction of sp³-hybridized carbons (Fsp3) is 0.917. The van der Waals surface area contributed by atoms with Crippen molar-refractivity contribution < 1.29 is 14.3 Å². The number of carbonyl (C=O) groups excluding carboxylic acids is 1. The Balaban J connectivity index is 1.86. The summed E-state index contributed by atoms with van der Waals surface area (Å²) in [6, 6.07) is 0. The summed E-state index contributed by atoms with van der Waals surface area (Å²) in [6.45, 7) is 6.93. The van der Waals surface area contributed by atoms with E-state index < -0.39 is 0 Å². The summed E-state index contributed by atoms with van der Waals surface area (Å²) in [6.07, 6.45) is 2.42. The maximum Gasteiger partial charge on any atom is 0.302 e. The molecule has 0 amide bonds. The Labute approximate surface area is 90.1 Å². The molecular formula is C12H18O3. The fourth-order valence-corrected chi connectivity index (χ4v) is 4.02. The Bertz CT molecular complexity index is 315. The van der Waals surface area contributed by atoms with E-state index in [1.807, 2.05) is 0 Å². The number of epoxide rings is 1. The molecule has 84 valence electrons. The first kappa shape index (κ1) is 9.64. The second-order valence-corrected chi connectivity index (χ2v) is 5.87. The lowest BCUT2D eigenvalue weighted by Crippen LogP contribution is -2.67. The molecule has 1 saturated heterocycles. The molecule has 4 atom stereocenters. The van der Waals surface area contributed by atoms with Gasteiger partial charge in [0.2, 0.25) is 0 Å². The Morgan fingerprint density at radius 1 is 1.47 bits per heavy atom. The highest BCUT2D eigenvalue weighted by Crippen LogP contribution is 2.68. The van der Waals surface area contributed by atoms with Crippen molar-refractivity contribution in [2.75, 3.05) is 6.61 Å². The summed E-state index contributed by atoms with van der Waals surface area (Å²) in [5.74, 6) is 0.817. The number of ether oxygens (including phenoxy) is 2. The van der Waals surface area contributed by atoms with Crippen molar-refractivity contribution in [1.29, 1.82) is 0 Å². The summed E-state index contributed by atoms with van der Waals surface area (Å²) in [4.78, 5) is 11.1. The van der Waals surface area contributed by atoms with Crippen molar-refractivity contribution in [3.63, 3.8) is 0 Å². The summed E-state index contributed by atoms with van der Waals surface area (Å²) < 4.78 is 11.1. The molecule has 0 radical (unpaired) electrons. The van der Waals surface area contributed by atoms with E-state index in [1.54, 1.807) is 0 Å². The van der Waals surface area contributed by atoms with Crippen molar-refractivity contribution in [3.05, 3.63) is 0 Å². The first-order valence-corrected chi connectivity index (χ1v) is 5.78. The van der Waals surface area contributed by atoms with Crippen LogP contribution in [0, 0.1) is 17.3 Å². The van der Waals surface area contributed by atoms with Gasteiger partial charge in [-0.2, -0.15) is 0 Å². The molecule has 3 heteroatoms. The van der Waals surface area contributed by atoms with Crippen LogP contribution < -0.4 is 0 Å². The van der Waals surface area contributed by atoms with E-state index in [-0.39, 0.29) is 23.1 Å². The minimum absolute atomic E-state index is 0.0678. The Kier molecular flexibility index (Phi) is 1.65. The van der Waals surface area contributed by atoms with Crippen LogP contribution in [0.4, 0.5) is 0 Å². The van der Waals surface area contributed by atoms with Gasteiger partial charge in [0, 0.05) is 18.8 Å². The number of rotatable bonds is 1. The van der Waals surface area contributed by atoms with Crippen LogP contribution in [0.25, 0.3) is 0 Å². The normalized spacial score (nSPS) is 49.7. The summed E-state index contributed by atoms with van der Waals surface area (Å²) >= 11 is 0. The maximum atomic E-state index is 11.1. The van der Waals surface area contributed by atoms with E-state index in [4.69, 9.17) is 9.47 Å². The van der Waals surface area contributed by atoms with E-state index >= 15 is 0 Å². The molecule has 2 bridgehead atoms. The molecular weight excluding hydrogens is 192 g/mol. The molecule has 0 aromatic rings. The van der Waals surface area contributed by atoms with Crippen molar-refractivity contribution in [3.8, 4) is 0 Å². The van der Waals surface area contributed by atoms with Gasteiger partial charge in [0.25, 0.3) is 0 Å². The highest BCUT2D eigenvalue weighted by Gasteiger charge is 2.73. The van der Waals surface area contributed by atoms with Gasteiger partial charge in [0.1, 0.15) is 6.10 Å². The quantitative estimate of drug-likeness (QED) is 0.489. The van der Waals surface area contributed by atoms with Gasteiger partial charge in [-0.05, 0) is 18.3 Å². The highest BCUT2D eigenvalue weighted by atomic mass is 16.6. The summed E-state index contributed by atoms with van der Waals surface area (Å²) in [5, 5.41) is 0. The molecule has 0 N–H and O–H groups in total. The molecule has 1 spiro atoms. The Hall–Kier alpha value is -0.570. The van der Waals surface area contributed by atoms with Gasteiger partial charge in [0.15, 0.2) is 0 Å². The van der Waals surface area contributed by atoms with Crippen molar-refractivity contribution >= 4 is 5.97 Å². The lowest BCUT2D eigenvalue weighted by atomic mass is 9.43. The van der Waals surface area contributed by atoms with Crippen molar-refractivity contribution in [2.24, 2.45) is 17.3 Å². The third kappa shape index (κ3) is 1.07. The van der Waals surface area contributed by atoms with Gasteiger partial charge in [-0.1, -0.05) is 13.8 Å². The fourth-order valence-electron chi connectivity index (χ4n) is 4.02.